The van der Waals surface area contributed by atoms with E-state index in [1.54, 1.807) is 11.8 Å². The fraction of sp³-hybridized carbons (Fsp3) is 0.909. The summed E-state index contributed by atoms with van der Waals surface area (Å²) in [7, 11) is 0. The van der Waals surface area contributed by atoms with Crippen molar-refractivity contribution in [1.82, 2.24) is 0 Å². The van der Waals surface area contributed by atoms with Crippen molar-refractivity contribution in [1.29, 1.82) is 0 Å². The predicted molar refractivity (Wildman–Crippen MR) is 61.3 cm³/mol. The normalized spacial score (nSPS) is 10.8. The monoisotopic (exact) mass is 202 g/mol. The molecule has 1 nitrogen and oxygen atoms in total. The van der Waals surface area contributed by atoms with Gasteiger partial charge in [-0.05, 0) is 24.5 Å². The maximum Gasteiger partial charge on any atom is 0.142 e. The smallest absolute Gasteiger partial charge is 0.142 e. The fourth-order valence-corrected chi connectivity index (χ4v) is 1.92. The minimum atomic E-state index is 0.430. The van der Waals surface area contributed by atoms with Gasteiger partial charge in [0.25, 0.3) is 0 Å². The molecule has 0 N–H and O–H groups in total. The highest BCUT2D eigenvalue weighted by Crippen LogP contribution is 2.09. The summed E-state index contributed by atoms with van der Waals surface area (Å²) in [6.07, 6.45) is 4.21. The van der Waals surface area contributed by atoms with Gasteiger partial charge in [0, 0.05) is 6.42 Å². The van der Waals surface area contributed by atoms with E-state index in [2.05, 4.69) is 20.8 Å². The van der Waals surface area contributed by atoms with Gasteiger partial charge in [-0.15, -0.1) is 0 Å². The molecule has 0 saturated carbocycles. The van der Waals surface area contributed by atoms with Crippen LogP contribution in [0.25, 0.3) is 0 Å². The Labute approximate surface area is 86.7 Å². The average Bonchev–Trinajstić information content (AvgIpc) is 2.04. The van der Waals surface area contributed by atoms with Crippen molar-refractivity contribution in [3.05, 3.63) is 0 Å². The number of hydrogen-bond donors (Lipinski definition) is 0. The molecule has 0 amide bonds. The Morgan fingerprint density at radius 2 is 2.08 bits per heavy atom. The lowest BCUT2D eigenvalue weighted by molar-refractivity contribution is -0.116. The Balaban J connectivity index is 3.20. The van der Waals surface area contributed by atoms with Crippen molar-refractivity contribution in [2.45, 2.75) is 46.5 Å². The molecule has 0 bridgehead atoms. The summed E-state index contributed by atoms with van der Waals surface area (Å²) < 4.78 is 0. The third-order valence-corrected chi connectivity index (χ3v) is 3.07. The van der Waals surface area contributed by atoms with E-state index in [0.29, 0.717) is 5.78 Å². The molecule has 0 saturated heterocycles. The Hall–Kier alpha value is 0.0200. The molecule has 0 aliphatic heterocycles. The molecule has 0 rings (SSSR count). The molecule has 0 aromatic heterocycles. The highest BCUT2D eigenvalue weighted by molar-refractivity contribution is 7.99. The molecule has 0 aromatic carbocycles. The van der Waals surface area contributed by atoms with Crippen LogP contribution in [0.3, 0.4) is 0 Å². The van der Waals surface area contributed by atoms with Gasteiger partial charge in [0.2, 0.25) is 0 Å². The van der Waals surface area contributed by atoms with Crippen molar-refractivity contribution in [3.63, 3.8) is 0 Å². The van der Waals surface area contributed by atoms with Crippen LogP contribution in [0, 0.1) is 5.92 Å². The summed E-state index contributed by atoms with van der Waals surface area (Å²) in [6.45, 7) is 6.56. The molecule has 0 atom stereocenters. The second-order valence-electron chi connectivity index (χ2n) is 3.88. The van der Waals surface area contributed by atoms with Crippen LogP contribution in [-0.2, 0) is 4.79 Å². The van der Waals surface area contributed by atoms with Gasteiger partial charge in [0.1, 0.15) is 5.78 Å². The van der Waals surface area contributed by atoms with Crippen LogP contribution in [0.15, 0.2) is 0 Å². The second kappa shape index (κ2) is 8.61. The highest BCUT2D eigenvalue weighted by Gasteiger charge is 2.02. The van der Waals surface area contributed by atoms with Crippen molar-refractivity contribution < 1.29 is 4.79 Å². The molecular weight excluding hydrogens is 180 g/mol. The van der Waals surface area contributed by atoms with Crippen LogP contribution >= 0.6 is 11.8 Å². The summed E-state index contributed by atoms with van der Waals surface area (Å²) in [4.78, 5) is 11.3. The van der Waals surface area contributed by atoms with Gasteiger partial charge in [0.05, 0.1) is 5.75 Å². The number of rotatable bonds is 8. The zero-order valence-corrected chi connectivity index (χ0v) is 9.95. The van der Waals surface area contributed by atoms with E-state index >= 15 is 0 Å². The first kappa shape index (κ1) is 13.0. The number of thioether (sulfide) groups is 1. The topological polar surface area (TPSA) is 17.1 Å². The lowest BCUT2D eigenvalue weighted by Crippen LogP contribution is -2.02. The standard InChI is InChI=1S/C11H22OS/c1-4-8-13-9-11(12)7-5-6-10(2)3/h10H,4-9H2,1-3H3. The summed E-state index contributed by atoms with van der Waals surface area (Å²) in [5.74, 6) is 3.01. The Kier molecular flexibility index (Phi) is 8.62. The lowest BCUT2D eigenvalue weighted by Gasteiger charge is -2.03. The fourth-order valence-electron chi connectivity index (χ4n) is 1.11. The van der Waals surface area contributed by atoms with Crippen molar-refractivity contribution in [3.8, 4) is 0 Å². The van der Waals surface area contributed by atoms with Crippen LogP contribution in [0.5, 0.6) is 0 Å². The quantitative estimate of drug-likeness (QED) is 0.560. The largest absolute Gasteiger partial charge is 0.299 e. The molecular formula is C11H22OS. The summed E-state index contributed by atoms with van der Waals surface area (Å²) in [5, 5.41) is 0. The van der Waals surface area contributed by atoms with Gasteiger partial charge in [-0.1, -0.05) is 27.2 Å². The maximum absolute atomic E-state index is 11.3. The predicted octanol–water partition coefficient (Wildman–Crippen LogP) is 3.53. The van der Waals surface area contributed by atoms with Gasteiger partial charge in [0.15, 0.2) is 0 Å². The molecule has 0 radical (unpaired) electrons. The molecule has 0 spiro atoms. The van der Waals surface area contributed by atoms with Crippen LogP contribution in [0.2, 0.25) is 0 Å². The Morgan fingerprint density at radius 1 is 1.38 bits per heavy atom. The Bertz CT molecular complexity index is 132. The highest BCUT2D eigenvalue weighted by atomic mass is 32.2. The number of ketones is 1. The van der Waals surface area contributed by atoms with E-state index in [0.717, 1.165) is 30.3 Å². The van der Waals surface area contributed by atoms with E-state index in [1.165, 1.54) is 12.8 Å². The number of hydrogen-bond acceptors (Lipinski definition) is 2. The molecule has 0 heterocycles. The maximum atomic E-state index is 11.3. The second-order valence-corrected chi connectivity index (χ2v) is 4.98. The van der Waals surface area contributed by atoms with Gasteiger partial charge in [-0.3, -0.25) is 4.79 Å². The first-order valence-electron chi connectivity index (χ1n) is 5.26. The summed E-state index contributed by atoms with van der Waals surface area (Å²) in [6, 6.07) is 0. The van der Waals surface area contributed by atoms with E-state index < -0.39 is 0 Å². The summed E-state index contributed by atoms with van der Waals surface area (Å²) >= 11 is 1.77. The molecule has 0 aliphatic carbocycles. The van der Waals surface area contributed by atoms with Gasteiger partial charge in [-0.25, -0.2) is 0 Å². The summed E-state index contributed by atoms with van der Waals surface area (Å²) in [5.41, 5.74) is 0. The minimum absolute atomic E-state index is 0.430. The van der Waals surface area contributed by atoms with Crippen LogP contribution in [0.1, 0.15) is 46.5 Å². The van der Waals surface area contributed by atoms with Gasteiger partial charge >= 0.3 is 0 Å². The molecule has 0 unspecified atom stereocenters. The minimum Gasteiger partial charge on any atom is -0.299 e. The lowest BCUT2D eigenvalue weighted by atomic mass is 10.1. The van der Waals surface area contributed by atoms with Gasteiger partial charge in [-0.2, -0.15) is 11.8 Å². The van der Waals surface area contributed by atoms with Crippen LogP contribution in [0.4, 0.5) is 0 Å². The average molecular weight is 202 g/mol. The molecule has 2 heteroatoms. The third-order valence-electron chi connectivity index (χ3n) is 1.85. The zero-order valence-electron chi connectivity index (χ0n) is 9.14. The Morgan fingerprint density at radius 3 is 2.62 bits per heavy atom. The molecule has 0 aliphatic rings. The molecule has 13 heavy (non-hydrogen) atoms. The number of carbonyl (C=O) groups is 1. The first-order chi connectivity index (χ1) is 6.16. The van der Waals surface area contributed by atoms with E-state index in [1.807, 2.05) is 0 Å². The molecule has 0 fully saturated rings. The number of carbonyl (C=O) groups excluding carboxylic acids is 1. The molecule has 0 aromatic rings. The zero-order chi connectivity index (χ0) is 10.1. The van der Waals surface area contributed by atoms with E-state index in [4.69, 9.17) is 0 Å². The number of Topliss-reactive ketones (excluding diaryl/α,β-unsaturated/α-hetero) is 1. The van der Waals surface area contributed by atoms with Crippen molar-refractivity contribution in [2.75, 3.05) is 11.5 Å². The van der Waals surface area contributed by atoms with Crippen molar-refractivity contribution >= 4 is 17.5 Å². The van der Waals surface area contributed by atoms with Crippen LogP contribution in [-0.4, -0.2) is 17.3 Å². The SMILES string of the molecule is CCCSCC(=O)CCCC(C)C. The van der Waals surface area contributed by atoms with Gasteiger partial charge < -0.3 is 0 Å². The third kappa shape index (κ3) is 9.94. The van der Waals surface area contributed by atoms with E-state index in [9.17, 15) is 4.79 Å². The molecule has 78 valence electrons. The van der Waals surface area contributed by atoms with E-state index in [-0.39, 0.29) is 0 Å². The van der Waals surface area contributed by atoms with Crippen molar-refractivity contribution in [2.24, 2.45) is 5.92 Å². The van der Waals surface area contributed by atoms with Crippen LogP contribution < -0.4 is 0 Å². The first-order valence-corrected chi connectivity index (χ1v) is 6.41.